The fourth-order valence-electron chi connectivity index (χ4n) is 2.40. The number of benzene rings is 2. The lowest BCUT2D eigenvalue weighted by molar-refractivity contribution is -0.0836. The summed E-state index contributed by atoms with van der Waals surface area (Å²) in [5.41, 5.74) is 2.19. The van der Waals surface area contributed by atoms with Gasteiger partial charge in [0.25, 0.3) is 0 Å². The summed E-state index contributed by atoms with van der Waals surface area (Å²) in [4.78, 5) is 1.93. The number of alkyl halides is 1. The average Bonchev–Trinajstić information content (AvgIpc) is 2.57. The van der Waals surface area contributed by atoms with Gasteiger partial charge in [-0.1, -0.05) is 60.7 Å². The standard InChI is InChI=1S/C18H22FNO/c1-15(19)18(21-2)20(13-16-9-5-3-6-10-16)14-17-11-7-4-8-12-17/h3-12,15,18H,13-14H2,1-2H3/t15?,18-/m1/s1/i1D. The van der Waals surface area contributed by atoms with E-state index in [0.29, 0.717) is 13.1 Å². The summed E-state index contributed by atoms with van der Waals surface area (Å²) >= 11 is 0. The predicted molar refractivity (Wildman–Crippen MR) is 83.5 cm³/mol. The minimum absolute atomic E-state index is 0.307. The molecular formula is C18H22FNO. The van der Waals surface area contributed by atoms with Crippen LogP contribution in [-0.2, 0) is 17.8 Å². The summed E-state index contributed by atoms with van der Waals surface area (Å²) in [6.07, 6.45) is -2.06. The minimum atomic E-state index is -1.34. The highest BCUT2D eigenvalue weighted by Crippen LogP contribution is 2.17. The Morgan fingerprint density at radius 1 is 1.00 bits per heavy atom. The highest BCUT2D eigenvalue weighted by atomic mass is 19.1. The first-order valence-corrected chi connectivity index (χ1v) is 7.02. The summed E-state index contributed by atoms with van der Waals surface area (Å²) in [6.45, 7) is 0.849. The molecule has 0 aromatic heterocycles. The second kappa shape index (κ2) is 7.91. The van der Waals surface area contributed by atoms with E-state index in [1.165, 1.54) is 7.11 Å². The molecule has 0 aliphatic rings. The molecular weight excluding hydrogens is 265 g/mol. The largest absolute Gasteiger partial charge is 0.363 e. The lowest BCUT2D eigenvalue weighted by atomic mass is 10.1. The molecule has 3 heteroatoms. The molecule has 2 atom stereocenters. The maximum Gasteiger partial charge on any atom is 0.142 e. The second-order valence-corrected chi connectivity index (χ2v) is 5.02. The summed E-state index contributed by atoms with van der Waals surface area (Å²) in [5.74, 6) is 0. The van der Waals surface area contributed by atoms with Gasteiger partial charge in [0, 0.05) is 21.6 Å². The maximum atomic E-state index is 14.1. The van der Waals surface area contributed by atoms with E-state index < -0.39 is 12.4 Å². The molecule has 2 aromatic carbocycles. The van der Waals surface area contributed by atoms with Gasteiger partial charge >= 0.3 is 0 Å². The van der Waals surface area contributed by atoms with Gasteiger partial charge < -0.3 is 4.74 Å². The summed E-state index contributed by atoms with van der Waals surface area (Å²) in [5, 5.41) is 0. The van der Waals surface area contributed by atoms with Gasteiger partial charge in [0.05, 0.1) is 0 Å². The van der Waals surface area contributed by atoms with Crippen LogP contribution in [0.3, 0.4) is 0 Å². The van der Waals surface area contributed by atoms with Crippen LogP contribution < -0.4 is 0 Å². The SMILES string of the molecule is [2H]CC(F)[C@@H](OC)N(Cc1ccccc1)Cc1ccccc1. The zero-order valence-corrected chi connectivity index (χ0v) is 12.3. The number of hydrogen-bond donors (Lipinski definition) is 0. The quantitative estimate of drug-likeness (QED) is 0.714. The number of halogens is 1. The van der Waals surface area contributed by atoms with Gasteiger partial charge in [0.2, 0.25) is 0 Å². The van der Waals surface area contributed by atoms with Gasteiger partial charge in [-0.2, -0.15) is 0 Å². The fraction of sp³-hybridized carbons (Fsp3) is 0.333. The second-order valence-electron chi connectivity index (χ2n) is 5.02. The Kier molecular flexibility index (Phi) is 5.36. The van der Waals surface area contributed by atoms with Crippen LogP contribution in [0.1, 0.15) is 19.4 Å². The summed E-state index contributed by atoms with van der Waals surface area (Å²) in [7, 11) is 1.50. The van der Waals surface area contributed by atoms with Crippen molar-refractivity contribution in [2.75, 3.05) is 7.11 Å². The Labute approximate surface area is 127 Å². The number of methoxy groups -OCH3 is 1. The van der Waals surface area contributed by atoms with E-state index >= 15 is 0 Å². The van der Waals surface area contributed by atoms with E-state index in [2.05, 4.69) is 0 Å². The predicted octanol–water partition coefficient (Wildman–Crippen LogP) is 4.02. The number of ether oxygens (including phenoxy) is 1. The summed E-state index contributed by atoms with van der Waals surface area (Å²) < 4.78 is 26.8. The van der Waals surface area contributed by atoms with Crippen LogP contribution in [0, 0.1) is 0 Å². The van der Waals surface area contributed by atoms with Gasteiger partial charge in [-0.25, -0.2) is 4.39 Å². The molecule has 2 aromatic rings. The molecule has 0 aliphatic carbocycles. The molecule has 0 heterocycles. The van der Waals surface area contributed by atoms with Crippen LogP contribution >= 0.6 is 0 Å². The normalized spacial score (nSPS) is 14.7. The Morgan fingerprint density at radius 3 is 1.86 bits per heavy atom. The Bertz CT molecular complexity index is 496. The molecule has 0 bridgehead atoms. The van der Waals surface area contributed by atoms with Crippen molar-refractivity contribution >= 4 is 0 Å². The van der Waals surface area contributed by atoms with Crippen molar-refractivity contribution < 1.29 is 10.5 Å². The van der Waals surface area contributed by atoms with Crippen LogP contribution in [0.15, 0.2) is 60.7 Å². The van der Waals surface area contributed by atoms with E-state index in [9.17, 15) is 4.39 Å². The van der Waals surface area contributed by atoms with Crippen molar-refractivity contribution in [1.29, 1.82) is 0 Å². The molecule has 2 rings (SSSR count). The minimum Gasteiger partial charge on any atom is -0.363 e. The van der Waals surface area contributed by atoms with E-state index in [1.54, 1.807) is 0 Å². The molecule has 0 spiro atoms. The fourth-order valence-corrected chi connectivity index (χ4v) is 2.40. The first-order valence-electron chi connectivity index (χ1n) is 7.73. The molecule has 0 saturated heterocycles. The molecule has 21 heavy (non-hydrogen) atoms. The van der Waals surface area contributed by atoms with Crippen molar-refractivity contribution in [3.8, 4) is 0 Å². The maximum absolute atomic E-state index is 14.1. The van der Waals surface area contributed by atoms with Crippen LogP contribution in [0.5, 0.6) is 0 Å². The highest BCUT2D eigenvalue weighted by Gasteiger charge is 2.24. The van der Waals surface area contributed by atoms with Crippen molar-refractivity contribution in [2.45, 2.75) is 32.4 Å². The Hall–Kier alpha value is -1.71. The molecule has 2 nitrogen and oxygen atoms in total. The van der Waals surface area contributed by atoms with Crippen LogP contribution in [0.2, 0.25) is 0 Å². The molecule has 112 valence electrons. The van der Waals surface area contributed by atoms with Gasteiger partial charge in [0.1, 0.15) is 12.4 Å². The van der Waals surface area contributed by atoms with Crippen molar-refractivity contribution in [3.05, 3.63) is 71.8 Å². The topological polar surface area (TPSA) is 12.5 Å². The third-order valence-corrected chi connectivity index (χ3v) is 3.37. The lowest BCUT2D eigenvalue weighted by Crippen LogP contribution is -2.41. The van der Waals surface area contributed by atoms with Crippen LogP contribution in [-0.4, -0.2) is 24.4 Å². The molecule has 0 saturated carbocycles. The summed E-state index contributed by atoms with van der Waals surface area (Å²) in [6, 6.07) is 19.8. The first kappa shape index (κ1) is 14.2. The van der Waals surface area contributed by atoms with E-state index in [0.717, 1.165) is 11.1 Å². The third-order valence-electron chi connectivity index (χ3n) is 3.37. The Morgan fingerprint density at radius 2 is 1.48 bits per heavy atom. The smallest absolute Gasteiger partial charge is 0.142 e. The van der Waals surface area contributed by atoms with Crippen LogP contribution in [0.4, 0.5) is 4.39 Å². The zero-order valence-electron chi connectivity index (χ0n) is 13.3. The molecule has 0 N–H and O–H groups in total. The monoisotopic (exact) mass is 288 g/mol. The van der Waals surface area contributed by atoms with E-state index in [-0.39, 0.29) is 6.90 Å². The highest BCUT2D eigenvalue weighted by molar-refractivity contribution is 5.17. The number of hydrogen-bond acceptors (Lipinski definition) is 2. The molecule has 0 fully saturated rings. The van der Waals surface area contributed by atoms with Crippen molar-refractivity contribution in [1.82, 2.24) is 4.90 Å². The number of rotatable bonds is 7. The zero-order chi connectivity index (χ0) is 15.8. The van der Waals surface area contributed by atoms with Gasteiger partial charge in [-0.15, -0.1) is 0 Å². The van der Waals surface area contributed by atoms with Crippen molar-refractivity contribution in [3.63, 3.8) is 0 Å². The van der Waals surface area contributed by atoms with E-state index in [1.807, 2.05) is 65.6 Å². The van der Waals surface area contributed by atoms with Gasteiger partial charge in [-0.3, -0.25) is 4.90 Å². The van der Waals surface area contributed by atoms with Crippen molar-refractivity contribution in [2.24, 2.45) is 0 Å². The Balaban J connectivity index is 2.19. The van der Waals surface area contributed by atoms with Gasteiger partial charge in [-0.05, 0) is 18.0 Å². The molecule has 0 radical (unpaired) electrons. The molecule has 1 unspecified atom stereocenters. The molecule has 0 aliphatic heterocycles. The first-order chi connectivity index (χ1) is 10.7. The average molecular weight is 288 g/mol. The third kappa shape index (κ3) is 4.66. The molecule has 0 amide bonds. The van der Waals surface area contributed by atoms with E-state index in [4.69, 9.17) is 6.11 Å². The van der Waals surface area contributed by atoms with Crippen LogP contribution in [0.25, 0.3) is 0 Å². The number of nitrogens with zero attached hydrogens (tertiary/aromatic N) is 1. The van der Waals surface area contributed by atoms with Gasteiger partial charge in [0.15, 0.2) is 0 Å². The lowest BCUT2D eigenvalue weighted by Gasteiger charge is -2.31.